The van der Waals surface area contributed by atoms with E-state index in [1.54, 1.807) is 18.2 Å². The van der Waals surface area contributed by atoms with Crippen molar-refractivity contribution in [3.8, 4) is 11.5 Å². The van der Waals surface area contributed by atoms with E-state index in [4.69, 9.17) is 9.47 Å². The fraction of sp³-hybridized carbons (Fsp3) is 0.294. The summed E-state index contributed by atoms with van der Waals surface area (Å²) >= 11 is 0. The van der Waals surface area contributed by atoms with Crippen LogP contribution in [0.3, 0.4) is 0 Å². The van der Waals surface area contributed by atoms with E-state index >= 15 is 0 Å². The third kappa shape index (κ3) is 3.00. The molecule has 21 heavy (non-hydrogen) atoms. The molecule has 1 aliphatic heterocycles. The lowest BCUT2D eigenvalue weighted by Crippen LogP contribution is -2.15. The summed E-state index contributed by atoms with van der Waals surface area (Å²) in [7, 11) is 0. The predicted molar refractivity (Wildman–Crippen MR) is 77.2 cm³/mol. The van der Waals surface area contributed by atoms with Gasteiger partial charge in [-0.25, -0.2) is 4.39 Å². The van der Waals surface area contributed by atoms with Gasteiger partial charge in [0.05, 0.1) is 6.10 Å². The van der Waals surface area contributed by atoms with Crippen molar-refractivity contribution < 1.29 is 19.0 Å². The van der Waals surface area contributed by atoms with E-state index in [9.17, 15) is 9.50 Å². The van der Waals surface area contributed by atoms with Gasteiger partial charge in [0.25, 0.3) is 0 Å². The Kier molecular flexibility index (Phi) is 3.80. The highest BCUT2D eigenvalue weighted by Gasteiger charge is 2.16. The van der Waals surface area contributed by atoms with Crippen molar-refractivity contribution in [2.45, 2.75) is 19.4 Å². The van der Waals surface area contributed by atoms with Gasteiger partial charge in [-0.05, 0) is 47.9 Å². The van der Waals surface area contributed by atoms with Crippen molar-refractivity contribution >= 4 is 0 Å². The first-order valence-electron chi connectivity index (χ1n) is 6.96. The number of hydrogen-bond donors (Lipinski definition) is 1. The molecule has 1 atom stereocenters. The number of aliphatic hydroxyl groups is 1. The van der Waals surface area contributed by atoms with E-state index in [1.165, 1.54) is 12.1 Å². The summed E-state index contributed by atoms with van der Waals surface area (Å²) in [6.45, 7) is 2.96. The largest absolute Gasteiger partial charge is 0.486 e. The molecular formula is C17H17FO3. The van der Waals surface area contributed by atoms with E-state index in [0.29, 0.717) is 31.1 Å². The Morgan fingerprint density at radius 1 is 1.10 bits per heavy atom. The Labute approximate surface area is 122 Å². The van der Waals surface area contributed by atoms with Crippen LogP contribution in [0.2, 0.25) is 0 Å². The molecule has 3 nitrogen and oxygen atoms in total. The third-order valence-corrected chi connectivity index (χ3v) is 3.68. The first-order valence-corrected chi connectivity index (χ1v) is 6.96. The topological polar surface area (TPSA) is 38.7 Å². The van der Waals surface area contributed by atoms with Gasteiger partial charge < -0.3 is 14.6 Å². The van der Waals surface area contributed by atoms with Gasteiger partial charge in [0.15, 0.2) is 11.5 Å². The Morgan fingerprint density at radius 3 is 2.67 bits per heavy atom. The van der Waals surface area contributed by atoms with Gasteiger partial charge in [-0.3, -0.25) is 0 Å². The highest BCUT2D eigenvalue weighted by Crippen LogP contribution is 2.33. The molecule has 0 radical (unpaired) electrons. The summed E-state index contributed by atoms with van der Waals surface area (Å²) in [6, 6.07) is 10.0. The van der Waals surface area contributed by atoms with Crippen LogP contribution < -0.4 is 9.47 Å². The molecule has 2 aromatic carbocycles. The van der Waals surface area contributed by atoms with E-state index in [-0.39, 0.29) is 5.82 Å². The van der Waals surface area contributed by atoms with Crippen LogP contribution in [0.4, 0.5) is 4.39 Å². The van der Waals surface area contributed by atoms with Gasteiger partial charge in [0, 0.05) is 6.42 Å². The van der Waals surface area contributed by atoms with Crippen LogP contribution in [0.15, 0.2) is 36.4 Å². The summed E-state index contributed by atoms with van der Waals surface area (Å²) in [6.07, 6.45) is -0.343. The third-order valence-electron chi connectivity index (χ3n) is 3.68. The number of halogens is 1. The molecular weight excluding hydrogens is 271 g/mol. The number of ether oxygens (including phenoxy) is 2. The van der Waals surface area contributed by atoms with Crippen LogP contribution in [0.5, 0.6) is 11.5 Å². The average molecular weight is 288 g/mol. The number of hydrogen-bond acceptors (Lipinski definition) is 3. The summed E-state index contributed by atoms with van der Waals surface area (Å²) in [5.74, 6) is 1.05. The minimum Gasteiger partial charge on any atom is -0.486 e. The molecule has 1 unspecified atom stereocenters. The second-order valence-corrected chi connectivity index (χ2v) is 5.19. The highest BCUT2D eigenvalue weighted by atomic mass is 19.1. The molecule has 1 heterocycles. The zero-order valence-electron chi connectivity index (χ0n) is 11.8. The maximum atomic E-state index is 13.3. The zero-order valence-corrected chi connectivity index (χ0v) is 11.8. The summed E-state index contributed by atoms with van der Waals surface area (Å²) in [5, 5.41) is 10.4. The van der Waals surface area contributed by atoms with Crippen LogP contribution in [0.1, 0.15) is 22.8 Å². The zero-order chi connectivity index (χ0) is 14.8. The smallest absolute Gasteiger partial charge is 0.161 e. The van der Waals surface area contributed by atoms with Gasteiger partial charge in [-0.2, -0.15) is 0 Å². The van der Waals surface area contributed by atoms with Gasteiger partial charge in [-0.15, -0.1) is 0 Å². The van der Waals surface area contributed by atoms with Crippen LogP contribution in [0, 0.1) is 12.7 Å². The minimum absolute atomic E-state index is 0.287. The Morgan fingerprint density at radius 2 is 1.86 bits per heavy atom. The molecule has 0 saturated carbocycles. The first-order chi connectivity index (χ1) is 10.1. The molecule has 4 heteroatoms. The first kappa shape index (κ1) is 13.9. The summed E-state index contributed by atoms with van der Waals surface area (Å²) < 4.78 is 24.3. The van der Waals surface area contributed by atoms with Crippen molar-refractivity contribution in [3.63, 3.8) is 0 Å². The second-order valence-electron chi connectivity index (χ2n) is 5.19. The van der Waals surface area contributed by atoms with E-state index in [1.807, 2.05) is 13.0 Å². The molecule has 0 amide bonds. The van der Waals surface area contributed by atoms with Crippen LogP contribution in [-0.4, -0.2) is 18.3 Å². The number of benzene rings is 2. The normalized spacial score (nSPS) is 14.8. The molecule has 0 spiro atoms. The fourth-order valence-electron chi connectivity index (χ4n) is 2.45. The van der Waals surface area contributed by atoms with Crippen LogP contribution in [0.25, 0.3) is 0 Å². The van der Waals surface area contributed by atoms with Crippen molar-refractivity contribution in [2.24, 2.45) is 0 Å². The molecule has 0 bridgehead atoms. The van der Waals surface area contributed by atoms with Crippen molar-refractivity contribution in [3.05, 3.63) is 58.9 Å². The average Bonchev–Trinajstić information content (AvgIpc) is 2.50. The summed E-state index contributed by atoms with van der Waals surface area (Å²) in [5.41, 5.74) is 2.51. The van der Waals surface area contributed by atoms with Crippen molar-refractivity contribution in [1.82, 2.24) is 0 Å². The van der Waals surface area contributed by atoms with E-state index < -0.39 is 6.10 Å². The predicted octanol–water partition coefficient (Wildman–Crippen LogP) is 3.18. The maximum absolute atomic E-state index is 13.3. The molecule has 3 rings (SSSR count). The van der Waals surface area contributed by atoms with Crippen LogP contribution >= 0.6 is 0 Å². The van der Waals surface area contributed by atoms with Crippen LogP contribution in [-0.2, 0) is 6.42 Å². The lowest BCUT2D eigenvalue weighted by molar-refractivity contribution is 0.164. The Balaban J connectivity index is 1.82. The Bertz CT molecular complexity index is 654. The quantitative estimate of drug-likeness (QED) is 0.942. The number of aryl methyl sites for hydroxylation is 1. The van der Waals surface area contributed by atoms with E-state index in [2.05, 4.69) is 0 Å². The molecule has 2 aromatic rings. The Hall–Kier alpha value is -2.07. The molecule has 1 N–H and O–H groups in total. The van der Waals surface area contributed by atoms with Gasteiger partial charge in [-0.1, -0.05) is 12.1 Å². The van der Waals surface area contributed by atoms with Crippen molar-refractivity contribution in [2.75, 3.05) is 13.2 Å². The number of aliphatic hydroxyl groups excluding tert-OH is 1. The lowest BCUT2D eigenvalue weighted by atomic mass is 9.98. The molecule has 1 aliphatic rings. The molecule has 0 saturated heterocycles. The maximum Gasteiger partial charge on any atom is 0.161 e. The fourth-order valence-corrected chi connectivity index (χ4v) is 2.45. The van der Waals surface area contributed by atoms with Crippen molar-refractivity contribution in [1.29, 1.82) is 0 Å². The molecule has 0 aromatic heterocycles. The standard InChI is InChI=1S/C17H17FO3/c1-11-2-4-14(18)8-13(11)9-15(19)12-3-5-16-17(10-12)21-7-6-20-16/h2-5,8,10,15,19H,6-7,9H2,1H3. The van der Waals surface area contributed by atoms with Gasteiger partial charge >= 0.3 is 0 Å². The SMILES string of the molecule is Cc1ccc(F)cc1CC(O)c1ccc2c(c1)OCCO2. The van der Waals surface area contributed by atoms with Gasteiger partial charge in [0.1, 0.15) is 19.0 Å². The highest BCUT2D eigenvalue weighted by molar-refractivity contribution is 5.44. The number of fused-ring (bicyclic) bond motifs is 1. The lowest BCUT2D eigenvalue weighted by Gasteiger charge is -2.20. The number of rotatable bonds is 3. The minimum atomic E-state index is -0.707. The molecule has 0 fully saturated rings. The van der Waals surface area contributed by atoms with Gasteiger partial charge in [0.2, 0.25) is 0 Å². The second kappa shape index (κ2) is 5.74. The summed E-state index contributed by atoms with van der Waals surface area (Å²) in [4.78, 5) is 0. The molecule has 0 aliphatic carbocycles. The monoisotopic (exact) mass is 288 g/mol. The van der Waals surface area contributed by atoms with E-state index in [0.717, 1.165) is 16.7 Å². The molecule has 110 valence electrons.